The van der Waals surface area contributed by atoms with E-state index in [1.165, 1.54) is 6.08 Å². The summed E-state index contributed by atoms with van der Waals surface area (Å²) in [5.74, 6) is -2.25. The smallest absolute Gasteiger partial charge is 0.327 e. The summed E-state index contributed by atoms with van der Waals surface area (Å²) in [6.07, 6.45) is 2.94. The molecule has 3 amide bonds. The van der Waals surface area contributed by atoms with Crippen LogP contribution >= 0.6 is 11.3 Å². The zero-order valence-electron chi connectivity index (χ0n) is 13.9. The van der Waals surface area contributed by atoms with Gasteiger partial charge in [-0.3, -0.25) is 25.2 Å². The quantitative estimate of drug-likeness (QED) is 0.445. The second-order valence-corrected chi connectivity index (χ2v) is 6.59. The van der Waals surface area contributed by atoms with E-state index in [9.17, 15) is 14.4 Å². The molecule has 6 nitrogen and oxygen atoms in total. The first kappa shape index (κ1) is 18.4. The molecule has 25 heavy (non-hydrogen) atoms. The standard InChI is InChI=1S/C18H19N3O3S/c1-12(2)19-17(23)18(24)21-20-16(22)11-9-14-8-10-15(25-14)13-6-4-3-5-7-13/h3-12H,1-2H3,(H,19,23)(H,20,22)(H,21,24)/b11-9+. The Kier molecular flexibility index (Phi) is 6.47. The molecule has 1 aromatic heterocycles. The third-order valence-corrected chi connectivity index (χ3v) is 4.11. The van der Waals surface area contributed by atoms with Crippen molar-refractivity contribution < 1.29 is 14.4 Å². The highest BCUT2D eigenvalue weighted by Gasteiger charge is 2.14. The van der Waals surface area contributed by atoms with Gasteiger partial charge in [0.1, 0.15) is 0 Å². The predicted molar refractivity (Wildman–Crippen MR) is 98.4 cm³/mol. The van der Waals surface area contributed by atoms with E-state index >= 15 is 0 Å². The minimum absolute atomic E-state index is 0.161. The fraction of sp³-hybridized carbons (Fsp3) is 0.167. The maximum Gasteiger partial charge on any atom is 0.327 e. The zero-order chi connectivity index (χ0) is 18.2. The zero-order valence-corrected chi connectivity index (χ0v) is 14.7. The molecule has 0 aliphatic rings. The third kappa shape index (κ3) is 5.89. The number of amides is 3. The van der Waals surface area contributed by atoms with Crippen LogP contribution in [0.2, 0.25) is 0 Å². The van der Waals surface area contributed by atoms with Crippen molar-refractivity contribution in [3.8, 4) is 10.4 Å². The molecule has 0 atom stereocenters. The number of rotatable bonds is 4. The van der Waals surface area contributed by atoms with Gasteiger partial charge in [0, 0.05) is 21.9 Å². The van der Waals surface area contributed by atoms with Crippen LogP contribution in [-0.4, -0.2) is 23.8 Å². The second-order valence-electron chi connectivity index (χ2n) is 5.47. The summed E-state index contributed by atoms with van der Waals surface area (Å²) in [6.45, 7) is 3.47. The lowest BCUT2D eigenvalue weighted by atomic mass is 10.2. The topological polar surface area (TPSA) is 87.3 Å². The molecule has 0 aliphatic carbocycles. The predicted octanol–water partition coefficient (Wildman–Crippen LogP) is 2.10. The first-order valence-electron chi connectivity index (χ1n) is 7.70. The fourth-order valence-corrected chi connectivity index (χ4v) is 2.82. The molecule has 0 radical (unpaired) electrons. The number of thiophene rings is 1. The van der Waals surface area contributed by atoms with Crippen LogP contribution in [-0.2, 0) is 14.4 Å². The number of hydrogen-bond acceptors (Lipinski definition) is 4. The molecular weight excluding hydrogens is 338 g/mol. The average molecular weight is 357 g/mol. The summed E-state index contributed by atoms with van der Waals surface area (Å²) in [6, 6.07) is 13.7. The Balaban J connectivity index is 1.85. The van der Waals surface area contributed by atoms with Crippen molar-refractivity contribution in [3.63, 3.8) is 0 Å². The molecule has 130 valence electrons. The van der Waals surface area contributed by atoms with Gasteiger partial charge < -0.3 is 5.32 Å². The van der Waals surface area contributed by atoms with E-state index < -0.39 is 17.7 Å². The van der Waals surface area contributed by atoms with Crippen LogP contribution in [0.1, 0.15) is 18.7 Å². The van der Waals surface area contributed by atoms with E-state index in [4.69, 9.17) is 0 Å². The molecule has 1 aromatic carbocycles. The SMILES string of the molecule is CC(C)NC(=O)C(=O)NNC(=O)/C=C/c1ccc(-c2ccccc2)s1. The number of hydrazine groups is 1. The van der Waals surface area contributed by atoms with Crippen molar-refractivity contribution in [1.82, 2.24) is 16.2 Å². The Morgan fingerprint density at radius 1 is 0.960 bits per heavy atom. The summed E-state index contributed by atoms with van der Waals surface area (Å²) in [4.78, 5) is 36.5. The lowest BCUT2D eigenvalue weighted by molar-refractivity contribution is -0.140. The van der Waals surface area contributed by atoms with Crippen molar-refractivity contribution in [1.29, 1.82) is 0 Å². The largest absolute Gasteiger partial charge is 0.346 e. The molecule has 0 aliphatic heterocycles. The Labute approximate surface area is 149 Å². The van der Waals surface area contributed by atoms with Crippen molar-refractivity contribution in [2.75, 3.05) is 0 Å². The molecule has 0 unspecified atom stereocenters. The Hall–Kier alpha value is -2.93. The first-order valence-corrected chi connectivity index (χ1v) is 8.51. The van der Waals surface area contributed by atoms with Crippen LogP contribution in [0.15, 0.2) is 48.5 Å². The highest BCUT2D eigenvalue weighted by atomic mass is 32.1. The third-order valence-electron chi connectivity index (χ3n) is 3.01. The minimum Gasteiger partial charge on any atom is -0.346 e. The van der Waals surface area contributed by atoms with Crippen molar-refractivity contribution >= 4 is 35.1 Å². The van der Waals surface area contributed by atoms with Gasteiger partial charge in [0.05, 0.1) is 0 Å². The molecule has 0 spiro atoms. The van der Waals surface area contributed by atoms with Gasteiger partial charge in [0.2, 0.25) is 0 Å². The van der Waals surface area contributed by atoms with Gasteiger partial charge in [-0.2, -0.15) is 0 Å². The summed E-state index contributed by atoms with van der Waals surface area (Å²) < 4.78 is 0. The van der Waals surface area contributed by atoms with Gasteiger partial charge in [0.25, 0.3) is 5.91 Å². The Morgan fingerprint density at radius 2 is 1.68 bits per heavy atom. The van der Waals surface area contributed by atoms with Gasteiger partial charge in [-0.25, -0.2) is 0 Å². The van der Waals surface area contributed by atoms with Crippen LogP contribution in [0.3, 0.4) is 0 Å². The highest BCUT2D eigenvalue weighted by Crippen LogP contribution is 2.28. The van der Waals surface area contributed by atoms with Gasteiger partial charge >= 0.3 is 11.8 Å². The lowest BCUT2D eigenvalue weighted by Gasteiger charge is -2.08. The van der Waals surface area contributed by atoms with E-state index in [-0.39, 0.29) is 6.04 Å². The normalized spacial score (nSPS) is 10.7. The average Bonchev–Trinajstić information content (AvgIpc) is 3.07. The van der Waals surface area contributed by atoms with E-state index in [1.54, 1.807) is 31.3 Å². The molecule has 7 heteroatoms. The van der Waals surface area contributed by atoms with Crippen LogP contribution in [0.5, 0.6) is 0 Å². The van der Waals surface area contributed by atoms with E-state index in [0.29, 0.717) is 0 Å². The number of carbonyl (C=O) groups excluding carboxylic acids is 3. The Morgan fingerprint density at radius 3 is 2.36 bits per heavy atom. The lowest BCUT2D eigenvalue weighted by Crippen LogP contribution is -2.49. The molecule has 2 rings (SSSR count). The van der Waals surface area contributed by atoms with Gasteiger partial charge in [-0.05, 0) is 37.6 Å². The van der Waals surface area contributed by atoms with Crippen LogP contribution in [0.25, 0.3) is 16.5 Å². The second kappa shape index (κ2) is 8.79. The van der Waals surface area contributed by atoms with E-state index in [2.05, 4.69) is 16.2 Å². The molecule has 0 fully saturated rings. The highest BCUT2D eigenvalue weighted by molar-refractivity contribution is 7.16. The summed E-state index contributed by atoms with van der Waals surface area (Å²) in [7, 11) is 0. The van der Waals surface area contributed by atoms with Crippen LogP contribution < -0.4 is 16.2 Å². The number of benzene rings is 1. The first-order chi connectivity index (χ1) is 12.0. The fourth-order valence-electron chi connectivity index (χ4n) is 1.90. The monoisotopic (exact) mass is 357 g/mol. The molecule has 0 saturated carbocycles. The molecular formula is C18H19N3O3S. The summed E-state index contributed by atoms with van der Waals surface area (Å²) >= 11 is 1.55. The van der Waals surface area contributed by atoms with Gasteiger partial charge in [-0.15, -0.1) is 11.3 Å². The summed E-state index contributed by atoms with van der Waals surface area (Å²) in [5.41, 5.74) is 5.33. The van der Waals surface area contributed by atoms with E-state index in [1.807, 2.05) is 42.5 Å². The minimum atomic E-state index is -0.919. The van der Waals surface area contributed by atoms with Gasteiger partial charge in [-0.1, -0.05) is 30.3 Å². The molecule has 1 heterocycles. The number of nitrogens with one attached hydrogen (secondary N) is 3. The molecule has 2 aromatic rings. The summed E-state index contributed by atoms with van der Waals surface area (Å²) in [5, 5.41) is 2.42. The maximum atomic E-state index is 11.7. The van der Waals surface area contributed by atoms with E-state index in [0.717, 1.165) is 15.3 Å². The van der Waals surface area contributed by atoms with Crippen molar-refractivity contribution in [3.05, 3.63) is 53.4 Å². The molecule has 3 N–H and O–H groups in total. The van der Waals surface area contributed by atoms with Crippen LogP contribution in [0.4, 0.5) is 0 Å². The number of hydrogen-bond donors (Lipinski definition) is 3. The maximum absolute atomic E-state index is 11.7. The van der Waals surface area contributed by atoms with Crippen molar-refractivity contribution in [2.24, 2.45) is 0 Å². The molecule has 0 bridgehead atoms. The Bertz CT molecular complexity index is 782. The van der Waals surface area contributed by atoms with Crippen LogP contribution in [0, 0.1) is 0 Å². The molecule has 0 saturated heterocycles. The van der Waals surface area contributed by atoms with Crippen molar-refractivity contribution in [2.45, 2.75) is 19.9 Å². The number of carbonyl (C=O) groups is 3. The van der Waals surface area contributed by atoms with Gasteiger partial charge in [0.15, 0.2) is 0 Å².